The van der Waals surface area contributed by atoms with Crippen LogP contribution in [0.2, 0.25) is 0 Å². The number of rotatable bonds is 3. The summed E-state index contributed by atoms with van der Waals surface area (Å²) in [4.78, 5) is 2.66. The summed E-state index contributed by atoms with van der Waals surface area (Å²) >= 11 is 0. The van der Waals surface area contributed by atoms with Gasteiger partial charge in [-0.3, -0.25) is 4.90 Å². The molecule has 3 rings (SSSR count). The van der Waals surface area contributed by atoms with Crippen LogP contribution in [0.1, 0.15) is 37.8 Å². The van der Waals surface area contributed by atoms with Gasteiger partial charge < -0.3 is 5.32 Å². The summed E-state index contributed by atoms with van der Waals surface area (Å²) < 4.78 is 0. The van der Waals surface area contributed by atoms with Gasteiger partial charge in [-0.15, -0.1) is 0 Å². The molecule has 0 spiro atoms. The first-order valence-corrected chi connectivity index (χ1v) is 6.89. The van der Waals surface area contributed by atoms with Crippen molar-refractivity contribution < 1.29 is 0 Å². The first-order valence-electron chi connectivity index (χ1n) is 6.89. The van der Waals surface area contributed by atoms with Gasteiger partial charge >= 0.3 is 0 Å². The van der Waals surface area contributed by atoms with E-state index in [0.29, 0.717) is 12.1 Å². The van der Waals surface area contributed by atoms with Gasteiger partial charge in [0.25, 0.3) is 0 Å². The van der Waals surface area contributed by atoms with Crippen LogP contribution in [0.25, 0.3) is 0 Å². The van der Waals surface area contributed by atoms with Crippen molar-refractivity contribution in [2.75, 3.05) is 13.1 Å². The molecule has 1 aromatic carbocycles. The van der Waals surface area contributed by atoms with Crippen molar-refractivity contribution in [1.29, 1.82) is 0 Å². The summed E-state index contributed by atoms with van der Waals surface area (Å²) in [5, 5.41) is 3.82. The lowest BCUT2D eigenvalue weighted by molar-refractivity contribution is 0.291. The zero-order valence-corrected chi connectivity index (χ0v) is 10.6. The Hall–Kier alpha value is -0.860. The van der Waals surface area contributed by atoms with Crippen molar-refractivity contribution in [3.63, 3.8) is 0 Å². The number of hydrogen-bond donors (Lipinski definition) is 1. The fourth-order valence-electron chi connectivity index (χ4n) is 3.44. The standard InChI is InChI=1S/C15H22N2/c1-12(13-6-3-2-4-7-13)16-14-9-11-17-10-5-8-15(14)17/h2-4,6-7,12,14-16H,5,8-11H2,1H3/t12-,14?,15?/m1/s1. The van der Waals surface area contributed by atoms with Crippen LogP contribution in [-0.4, -0.2) is 30.1 Å². The Bertz CT molecular complexity index is 362. The molecule has 2 aliphatic heterocycles. The molecule has 2 fully saturated rings. The molecule has 2 unspecified atom stereocenters. The van der Waals surface area contributed by atoms with Crippen molar-refractivity contribution in [2.24, 2.45) is 0 Å². The van der Waals surface area contributed by atoms with E-state index in [-0.39, 0.29) is 0 Å². The molecule has 0 radical (unpaired) electrons. The smallest absolute Gasteiger partial charge is 0.0295 e. The lowest BCUT2D eigenvalue weighted by Gasteiger charge is -2.25. The van der Waals surface area contributed by atoms with Gasteiger partial charge in [0.1, 0.15) is 0 Å². The first-order chi connectivity index (χ1) is 8.34. The molecule has 1 aromatic rings. The van der Waals surface area contributed by atoms with Crippen molar-refractivity contribution in [3.05, 3.63) is 35.9 Å². The molecule has 3 atom stereocenters. The molecule has 17 heavy (non-hydrogen) atoms. The molecular formula is C15H22N2. The molecule has 2 nitrogen and oxygen atoms in total. The van der Waals surface area contributed by atoms with E-state index in [9.17, 15) is 0 Å². The van der Waals surface area contributed by atoms with Crippen LogP contribution in [0, 0.1) is 0 Å². The van der Waals surface area contributed by atoms with E-state index >= 15 is 0 Å². The van der Waals surface area contributed by atoms with Crippen LogP contribution in [0.5, 0.6) is 0 Å². The second-order valence-corrected chi connectivity index (χ2v) is 5.44. The maximum atomic E-state index is 3.82. The quantitative estimate of drug-likeness (QED) is 0.858. The third-order valence-electron chi connectivity index (χ3n) is 4.37. The van der Waals surface area contributed by atoms with Gasteiger partial charge in [-0.05, 0) is 38.3 Å². The average molecular weight is 230 g/mol. The lowest BCUT2D eigenvalue weighted by Crippen LogP contribution is -2.40. The highest BCUT2D eigenvalue weighted by atomic mass is 15.2. The third-order valence-corrected chi connectivity index (χ3v) is 4.37. The molecule has 0 aliphatic carbocycles. The highest BCUT2D eigenvalue weighted by molar-refractivity contribution is 5.18. The normalized spacial score (nSPS) is 30.4. The van der Waals surface area contributed by atoms with E-state index in [4.69, 9.17) is 0 Å². The Kier molecular flexibility index (Phi) is 3.17. The van der Waals surface area contributed by atoms with E-state index in [2.05, 4.69) is 47.5 Å². The molecule has 2 saturated heterocycles. The van der Waals surface area contributed by atoms with Crippen molar-refractivity contribution in [1.82, 2.24) is 10.2 Å². The summed E-state index contributed by atoms with van der Waals surface area (Å²) in [6.45, 7) is 4.90. The minimum atomic E-state index is 0.474. The van der Waals surface area contributed by atoms with Gasteiger partial charge in [0.15, 0.2) is 0 Å². The predicted molar refractivity (Wildman–Crippen MR) is 71.0 cm³/mol. The van der Waals surface area contributed by atoms with Crippen LogP contribution in [0.15, 0.2) is 30.3 Å². The molecule has 1 N–H and O–H groups in total. The van der Waals surface area contributed by atoms with Crippen LogP contribution >= 0.6 is 0 Å². The Balaban J connectivity index is 1.64. The van der Waals surface area contributed by atoms with E-state index < -0.39 is 0 Å². The Morgan fingerprint density at radius 3 is 2.82 bits per heavy atom. The van der Waals surface area contributed by atoms with Gasteiger partial charge in [0.2, 0.25) is 0 Å². The highest BCUT2D eigenvalue weighted by Gasteiger charge is 2.37. The summed E-state index contributed by atoms with van der Waals surface area (Å²) in [6.07, 6.45) is 4.10. The lowest BCUT2D eigenvalue weighted by atomic mass is 10.0. The minimum Gasteiger partial charge on any atom is -0.306 e. The van der Waals surface area contributed by atoms with Crippen LogP contribution in [-0.2, 0) is 0 Å². The maximum Gasteiger partial charge on any atom is 0.0295 e. The largest absolute Gasteiger partial charge is 0.306 e. The SMILES string of the molecule is C[C@@H](NC1CCN2CCCC12)c1ccccc1. The van der Waals surface area contributed by atoms with E-state index in [1.54, 1.807) is 0 Å². The zero-order valence-electron chi connectivity index (χ0n) is 10.6. The molecule has 2 heterocycles. The van der Waals surface area contributed by atoms with E-state index in [1.807, 2.05) is 0 Å². The molecule has 0 saturated carbocycles. The molecule has 2 heteroatoms. The Morgan fingerprint density at radius 2 is 2.00 bits per heavy atom. The molecule has 2 aliphatic rings. The molecule has 92 valence electrons. The predicted octanol–water partition coefficient (Wildman–Crippen LogP) is 2.57. The van der Waals surface area contributed by atoms with Crippen molar-refractivity contribution in [3.8, 4) is 0 Å². The molecule has 0 amide bonds. The Labute approximate surface area is 104 Å². The summed E-state index contributed by atoms with van der Waals surface area (Å²) in [5.41, 5.74) is 1.41. The molecular weight excluding hydrogens is 208 g/mol. The Morgan fingerprint density at radius 1 is 1.18 bits per heavy atom. The minimum absolute atomic E-state index is 0.474. The van der Waals surface area contributed by atoms with Gasteiger partial charge in [0, 0.05) is 24.7 Å². The number of benzene rings is 1. The van der Waals surface area contributed by atoms with Gasteiger partial charge in [0.05, 0.1) is 0 Å². The number of fused-ring (bicyclic) bond motifs is 1. The summed E-state index contributed by atoms with van der Waals surface area (Å²) in [7, 11) is 0. The maximum absolute atomic E-state index is 3.82. The first kappa shape index (κ1) is 11.2. The molecule has 0 bridgehead atoms. The van der Waals surface area contributed by atoms with Crippen molar-refractivity contribution in [2.45, 2.75) is 44.3 Å². The van der Waals surface area contributed by atoms with Crippen LogP contribution < -0.4 is 5.32 Å². The molecule has 0 aromatic heterocycles. The summed E-state index contributed by atoms with van der Waals surface area (Å²) in [5.74, 6) is 0. The zero-order chi connectivity index (χ0) is 11.7. The van der Waals surface area contributed by atoms with Crippen LogP contribution in [0.4, 0.5) is 0 Å². The van der Waals surface area contributed by atoms with Gasteiger partial charge in [-0.25, -0.2) is 0 Å². The summed E-state index contributed by atoms with van der Waals surface area (Å²) in [6, 6.07) is 12.8. The van der Waals surface area contributed by atoms with Crippen molar-refractivity contribution >= 4 is 0 Å². The third kappa shape index (κ3) is 2.24. The van der Waals surface area contributed by atoms with Gasteiger partial charge in [-0.2, -0.15) is 0 Å². The second kappa shape index (κ2) is 4.79. The fourth-order valence-corrected chi connectivity index (χ4v) is 3.44. The number of hydrogen-bond acceptors (Lipinski definition) is 2. The van der Waals surface area contributed by atoms with Gasteiger partial charge in [-0.1, -0.05) is 30.3 Å². The average Bonchev–Trinajstić information content (AvgIpc) is 2.95. The van der Waals surface area contributed by atoms with E-state index in [0.717, 1.165) is 6.04 Å². The van der Waals surface area contributed by atoms with E-state index in [1.165, 1.54) is 37.9 Å². The monoisotopic (exact) mass is 230 g/mol. The number of nitrogens with one attached hydrogen (secondary N) is 1. The van der Waals surface area contributed by atoms with Crippen LogP contribution in [0.3, 0.4) is 0 Å². The second-order valence-electron chi connectivity index (χ2n) is 5.44. The fraction of sp³-hybridized carbons (Fsp3) is 0.600. The topological polar surface area (TPSA) is 15.3 Å². The number of nitrogens with zero attached hydrogens (tertiary/aromatic N) is 1. The highest BCUT2D eigenvalue weighted by Crippen LogP contribution is 2.29.